The molecule has 106 valence electrons. The number of hydrogen-bond donors (Lipinski definition) is 1. The molecule has 1 aromatic rings. The number of rotatable bonds is 6. The van der Waals surface area contributed by atoms with Gasteiger partial charge in [0.2, 0.25) is 0 Å². The number of benzene rings is 1. The largest absolute Gasteiger partial charge is 0.495 e. The summed E-state index contributed by atoms with van der Waals surface area (Å²) < 4.78 is 10.8. The van der Waals surface area contributed by atoms with Gasteiger partial charge in [-0.3, -0.25) is 4.90 Å². The molecular formula is C14H21ClN2O2. The van der Waals surface area contributed by atoms with Crippen LogP contribution in [0, 0.1) is 0 Å². The van der Waals surface area contributed by atoms with E-state index in [4.69, 9.17) is 21.1 Å². The van der Waals surface area contributed by atoms with Crippen molar-refractivity contribution in [3.8, 4) is 5.75 Å². The Balaban J connectivity index is 1.69. The molecular weight excluding hydrogens is 264 g/mol. The Kier molecular flexibility index (Phi) is 5.92. The Morgan fingerprint density at radius 2 is 2.11 bits per heavy atom. The highest BCUT2D eigenvalue weighted by Gasteiger charge is 2.08. The van der Waals surface area contributed by atoms with Crippen LogP contribution in [0.25, 0.3) is 0 Å². The molecule has 1 aromatic carbocycles. The van der Waals surface area contributed by atoms with Gasteiger partial charge in [0.1, 0.15) is 5.75 Å². The first-order valence-corrected chi connectivity index (χ1v) is 7.00. The molecule has 1 heterocycles. The van der Waals surface area contributed by atoms with Crippen molar-refractivity contribution in [2.45, 2.75) is 6.61 Å². The lowest BCUT2D eigenvalue weighted by Gasteiger charge is -2.26. The normalized spacial score (nSPS) is 16.5. The number of ether oxygens (including phenoxy) is 2. The third-order valence-electron chi connectivity index (χ3n) is 3.25. The van der Waals surface area contributed by atoms with E-state index in [0.717, 1.165) is 44.9 Å². The molecule has 0 bridgehead atoms. The Labute approximate surface area is 119 Å². The van der Waals surface area contributed by atoms with Crippen molar-refractivity contribution in [1.82, 2.24) is 10.2 Å². The Morgan fingerprint density at radius 3 is 2.79 bits per heavy atom. The van der Waals surface area contributed by atoms with Crippen molar-refractivity contribution < 1.29 is 9.47 Å². The number of methoxy groups -OCH3 is 1. The number of nitrogens with zero attached hydrogens (tertiary/aromatic N) is 1. The van der Waals surface area contributed by atoms with E-state index in [9.17, 15) is 0 Å². The molecule has 1 aliphatic rings. The molecule has 0 saturated carbocycles. The predicted molar refractivity (Wildman–Crippen MR) is 77.0 cm³/mol. The monoisotopic (exact) mass is 284 g/mol. The first-order valence-electron chi connectivity index (χ1n) is 6.63. The number of hydrogen-bond acceptors (Lipinski definition) is 4. The van der Waals surface area contributed by atoms with Crippen LogP contribution >= 0.6 is 11.6 Å². The summed E-state index contributed by atoms with van der Waals surface area (Å²) in [7, 11) is 1.62. The highest BCUT2D eigenvalue weighted by molar-refractivity contribution is 6.32. The third kappa shape index (κ3) is 4.66. The average molecular weight is 285 g/mol. The molecule has 0 aliphatic carbocycles. The average Bonchev–Trinajstić information content (AvgIpc) is 2.45. The molecule has 0 spiro atoms. The first-order chi connectivity index (χ1) is 9.29. The second kappa shape index (κ2) is 7.70. The lowest BCUT2D eigenvalue weighted by molar-refractivity contribution is 0.0886. The van der Waals surface area contributed by atoms with Gasteiger partial charge in [-0.15, -0.1) is 0 Å². The summed E-state index contributed by atoms with van der Waals surface area (Å²) in [5.74, 6) is 0.700. The van der Waals surface area contributed by atoms with Gasteiger partial charge >= 0.3 is 0 Å². The summed E-state index contributed by atoms with van der Waals surface area (Å²) in [5, 5.41) is 3.97. The van der Waals surface area contributed by atoms with E-state index < -0.39 is 0 Å². The summed E-state index contributed by atoms with van der Waals surface area (Å²) in [6.07, 6.45) is 0. The third-order valence-corrected chi connectivity index (χ3v) is 3.54. The van der Waals surface area contributed by atoms with E-state index in [1.54, 1.807) is 7.11 Å². The number of piperazine rings is 1. The van der Waals surface area contributed by atoms with Gasteiger partial charge in [-0.1, -0.05) is 17.7 Å². The van der Waals surface area contributed by atoms with E-state index >= 15 is 0 Å². The predicted octanol–water partition coefficient (Wildman–Crippen LogP) is 1.77. The smallest absolute Gasteiger partial charge is 0.137 e. The molecule has 5 heteroatoms. The van der Waals surface area contributed by atoms with Gasteiger partial charge in [0, 0.05) is 32.7 Å². The van der Waals surface area contributed by atoms with Crippen molar-refractivity contribution in [2.24, 2.45) is 0 Å². The topological polar surface area (TPSA) is 33.7 Å². The zero-order chi connectivity index (χ0) is 13.5. The molecule has 1 saturated heterocycles. The van der Waals surface area contributed by atoms with Crippen LogP contribution in [-0.4, -0.2) is 51.3 Å². The van der Waals surface area contributed by atoms with Crippen LogP contribution < -0.4 is 10.1 Å². The SMILES string of the molecule is COc1ccc(COCCN2CCNCC2)cc1Cl. The minimum atomic E-state index is 0.593. The fourth-order valence-electron chi connectivity index (χ4n) is 2.12. The van der Waals surface area contributed by atoms with Gasteiger partial charge in [-0.25, -0.2) is 0 Å². The van der Waals surface area contributed by atoms with E-state index in [1.165, 1.54) is 0 Å². The van der Waals surface area contributed by atoms with Crippen LogP contribution in [0.1, 0.15) is 5.56 Å². The summed E-state index contributed by atoms with van der Waals surface area (Å²) in [5.41, 5.74) is 1.08. The van der Waals surface area contributed by atoms with Crippen LogP contribution in [-0.2, 0) is 11.3 Å². The number of nitrogens with one attached hydrogen (secondary N) is 1. The molecule has 1 aliphatic heterocycles. The van der Waals surface area contributed by atoms with Crippen molar-refractivity contribution in [3.05, 3.63) is 28.8 Å². The summed E-state index contributed by atoms with van der Waals surface area (Å²) in [6, 6.07) is 5.75. The van der Waals surface area contributed by atoms with Gasteiger partial charge in [0.25, 0.3) is 0 Å². The standard InChI is InChI=1S/C14H21ClN2O2/c1-18-14-3-2-12(10-13(14)15)11-19-9-8-17-6-4-16-5-7-17/h2-3,10,16H,4-9,11H2,1H3. The van der Waals surface area contributed by atoms with Gasteiger partial charge in [-0.2, -0.15) is 0 Å². The molecule has 1 N–H and O–H groups in total. The fraction of sp³-hybridized carbons (Fsp3) is 0.571. The minimum Gasteiger partial charge on any atom is -0.495 e. The lowest BCUT2D eigenvalue weighted by atomic mass is 10.2. The van der Waals surface area contributed by atoms with E-state index in [2.05, 4.69) is 10.2 Å². The molecule has 0 atom stereocenters. The molecule has 2 rings (SSSR count). The van der Waals surface area contributed by atoms with Crippen molar-refractivity contribution >= 4 is 11.6 Å². The van der Waals surface area contributed by atoms with Crippen LogP contribution in [0.3, 0.4) is 0 Å². The molecule has 19 heavy (non-hydrogen) atoms. The van der Waals surface area contributed by atoms with E-state index in [-0.39, 0.29) is 0 Å². The second-order valence-corrected chi connectivity index (χ2v) is 5.02. The van der Waals surface area contributed by atoms with Crippen molar-refractivity contribution in [2.75, 3.05) is 46.4 Å². The molecule has 0 unspecified atom stereocenters. The molecule has 4 nitrogen and oxygen atoms in total. The maximum Gasteiger partial charge on any atom is 0.137 e. The van der Waals surface area contributed by atoms with E-state index in [1.807, 2.05) is 18.2 Å². The van der Waals surface area contributed by atoms with Crippen LogP contribution in [0.4, 0.5) is 0 Å². The van der Waals surface area contributed by atoms with Crippen molar-refractivity contribution in [3.63, 3.8) is 0 Å². The zero-order valence-corrected chi connectivity index (χ0v) is 12.1. The number of halogens is 1. The van der Waals surface area contributed by atoms with Gasteiger partial charge in [0.15, 0.2) is 0 Å². The van der Waals surface area contributed by atoms with E-state index in [0.29, 0.717) is 17.4 Å². The minimum absolute atomic E-state index is 0.593. The Bertz CT molecular complexity index is 395. The molecule has 0 radical (unpaired) electrons. The van der Waals surface area contributed by atoms with Gasteiger partial charge < -0.3 is 14.8 Å². The quantitative estimate of drug-likeness (QED) is 0.808. The molecule has 0 amide bonds. The van der Waals surface area contributed by atoms with Crippen LogP contribution in [0.2, 0.25) is 5.02 Å². The van der Waals surface area contributed by atoms with Gasteiger partial charge in [-0.05, 0) is 17.7 Å². The summed E-state index contributed by atoms with van der Waals surface area (Å²) in [4.78, 5) is 2.41. The summed E-state index contributed by atoms with van der Waals surface area (Å²) in [6.45, 7) is 6.71. The molecule has 1 fully saturated rings. The van der Waals surface area contributed by atoms with Crippen molar-refractivity contribution in [1.29, 1.82) is 0 Å². The highest BCUT2D eigenvalue weighted by Crippen LogP contribution is 2.25. The zero-order valence-electron chi connectivity index (χ0n) is 11.3. The fourth-order valence-corrected chi connectivity index (χ4v) is 2.40. The summed E-state index contributed by atoms with van der Waals surface area (Å²) >= 11 is 6.07. The first kappa shape index (κ1) is 14.6. The van der Waals surface area contributed by atoms with Crippen LogP contribution in [0.5, 0.6) is 5.75 Å². The highest BCUT2D eigenvalue weighted by atomic mass is 35.5. The lowest BCUT2D eigenvalue weighted by Crippen LogP contribution is -2.44. The maximum atomic E-state index is 6.07. The maximum absolute atomic E-state index is 6.07. The van der Waals surface area contributed by atoms with Crippen LogP contribution in [0.15, 0.2) is 18.2 Å². The Hall–Kier alpha value is -0.810. The molecule has 0 aromatic heterocycles. The Morgan fingerprint density at radius 1 is 1.32 bits per heavy atom. The van der Waals surface area contributed by atoms with Gasteiger partial charge in [0.05, 0.1) is 25.3 Å². The second-order valence-electron chi connectivity index (χ2n) is 4.61.